The number of hydrogen-bond donors (Lipinski definition) is 2. The van der Waals surface area contributed by atoms with Gasteiger partial charge < -0.3 is 15.2 Å². The van der Waals surface area contributed by atoms with Crippen molar-refractivity contribution in [2.75, 3.05) is 0 Å². The van der Waals surface area contributed by atoms with Crippen molar-refractivity contribution >= 4 is 5.91 Å². The Labute approximate surface area is 208 Å². The van der Waals surface area contributed by atoms with Crippen LogP contribution in [0.5, 0.6) is 0 Å². The van der Waals surface area contributed by atoms with Crippen LogP contribution >= 0.6 is 0 Å². The molecule has 0 aromatic heterocycles. The Hall–Kier alpha value is -2.66. The summed E-state index contributed by atoms with van der Waals surface area (Å²) in [5.41, 5.74) is -4.78. The predicted octanol–water partition coefficient (Wildman–Crippen LogP) is 5.97. The van der Waals surface area contributed by atoms with E-state index in [-0.39, 0.29) is 18.1 Å². The van der Waals surface area contributed by atoms with Crippen LogP contribution in [0.2, 0.25) is 0 Å². The molecular weight excluding hydrogens is 507 g/mol. The van der Waals surface area contributed by atoms with Crippen LogP contribution in [0.25, 0.3) is 0 Å². The van der Waals surface area contributed by atoms with Crippen molar-refractivity contribution in [2.24, 2.45) is 5.41 Å². The second-order valence-electron chi connectivity index (χ2n) is 10.3. The van der Waals surface area contributed by atoms with Gasteiger partial charge in [-0.05, 0) is 66.6 Å². The lowest BCUT2D eigenvalue weighted by atomic mass is 9.69. The molecule has 0 bridgehead atoms. The van der Waals surface area contributed by atoms with Gasteiger partial charge >= 0.3 is 12.4 Å². The highest BCUT2D eigenvalue weighted by Gasteiger charge is 2.56. The Kier molecular flexibility index (Phi) is 6.86. The smallest absolute Gasteiger partial charge is 0.380 e. The fraction of sp³-hybridized carbons (Fsp3) is 0.500. The summed E-state index contributed by atoms with van der Waals surface area (Å²) in [4.78, 5) is 12.3. The van der Waals surface area contributed by atoms with Crippen LogP contribution in [0.3, 0.4) is 0 Å². The van der Waals surface area contributed by atoms with Gasteiger partial charge in [-0.2, -0.15) is 26.3 Å². The van der Waals surface area contributed by atoms with E-state index in [0.717, 1.165) is 0 Å². The van der Waals surface area contributed by atoms with Crippen molar-refractivity contribution in [3.8, 4) is 0 Å². The number of amides is 1. The van der Waals surface area contributed by atoms with Crippen molar-refractivity contribution in [1.29, 1.82) is 0 Å². The second kappa shape index (κ2) is 9.27. The summed E-state index contributed by atoms with van der Waals surface area (Å²) >= 11 is 0. The molecule has 0 radical (unpaired) electrons. The minimum absolute atomic E-state index is 0.0616. The number of aliphatic hydroxyl groups is 1. The average Bonchev–Trinajstić information content (AvgIpc) is 3.28. The van der Waals surface area contributed by atoms with E-state index in [1.54, 1.807) is 12.1 Å². The molecule has 1 aliphatic carbocycles. The van der Waals surface area contributed by atoms with Crippen LogP contribution in [-0.2, 0) is 28.5 Å². The van der Waals surface area contributed by atoms with Crippen LogP contribution in [-0.4, -0.2) is 28.8 Å². The van der Waals surface area contributed by atoms with Gasteiger partial charge in [0.25, 0.3) is 5.91 Å². The quantitative estimate of drug-likeness (QED) is 0.466. The summed E-state index contributed by atoms with van der Waals surface area (Å²) in [6.45, 7) is 2.76. The molecular formula is C26H26F7NO3. The first-order valence-electron chi connectivity index (χ1n) is 11.7. The lowest BCUT2D eigenvalue weighted by Gasteiger charge is -2.39. The molecule has 1 amide bonds. The SMILES string of the molecule is C[C@@]1(C2C[C@@](C)(O)C(=O)N2)CC[C@H](OCc2cc(C(F)(F)F)cc(C(F)(F)F)c2)[C@H]1c1ccc(F)cc1. The Balaban J connectivity index is 1.65. The fourth-order valence-electron chi connectivity index (χ4n) is 5.60. The third-order valence-corrected chi connectivity index (χ3v) is 7.58. The number of alkyl halides is 6. The number of halogens is 7. The van der Waals surface area contributed by atoms with Crippen molar-refractivity contribution in [1.82, 2.24) is 5.32 Å². The third-order valence-electron chi connectivity index (χ3n) is 7.58. The van der Waals surface area contributed by atoms with Crippen LogP contribution < -0.4 is 5.32 Å². The zero-order chi connectivity index (χ0) is 27.4. The van der Waals surface area contributed by atoms with Crippen molar-refractivity contribution < 1.29 is 45.4 Å². The molecule has 2 N–H and O–H groups in total. The summed E-state index contributed by atoms with van der Waals surface area (Å²) in [6.07, 6.45) is -9.63. The van der Waals surface area contributed by atoms with Gasteiger partial charge in [-0.25, -0.2) is 4.39 Å². The number of hydrogen-bond acceptors (Lipinski definition) is 3. The van der Waals surface area contributed by atoms with E-state index in [2.05, 4.69) is 5.32 Å². The van der Waals surface area contributed by atoms with Gasteiger partial charge in [0, 0.05) is 18.4 Å². The maximum absolute atomic E-state index is 13.6. The molecule has 0 spiro atoms. The van der Waals surface area contributed by atoms with Crippen molar-refractivity contribution in [3.63, 3.8) is 0 Å². The summed E-state index contributed by atoms with van der Waals surface area (Å²) in [7, 11) is 0. The van der Waals surface area contributed by atoms with Gasteiger partial charge in [0.1, 0.15) is 11.4 Å². The molecule has 2 aromatic carbocycles. The molecule has 1 unspecified atom stereocenters. The monoisotopic (exact) mass is 533 g/mol. The first-order chi connectivity index (χ1) is 17.0. The fourth-order valence-corrected chi connectivity index (χ4v) is 5.60. The van der Waals surface area contributed by atoms with Gasteiger partial charge in [0.05, 0.1) is 23.8 Å². The van der Waals surface area contributed by atoms with Crippen LogP contribution in [0.1, 0.15) is 61.3 Å². The molecule has 2 aromatic rings. The zero-order valence-corrected chi connectivity index (χ0v) is 20.0. The van der Waals surface area contributed by atoms with Crippen LogP contribution in [0, 0.1) is 11.2 Å². The largest absolute Gasteiger partial charge is 0.416 e. The Bertz CT molecular complexity index is 1130. The van der Waals surface area contributed by atoms with Crippen molar-refractivity contribution in [2.45, 2.75) is 75.7 Å². The first-order valence-corrected chi connectivity index (χ1v) is 11.7. The zero-order valence-electron chi connectivity index (χ0n) is 20.0. The maximum atomic E-state index is 13.6. The van der Waals surface area contributed by atoms with E-state index >= 15 is 0 Å². The molecule has 202 valence electrons. The maximum Gasteiger partial charge on any atom is 0.416 e. The number of ether oxygens (including phenoxy) is 1. The van der Waals surface area contributed by atoms with Gasteiger partial charge in [-0.3, -0.25) is 4.79 Å². The minimum atomic E-state index is -4.98. The van der Waals surface area contributed by atoms with E-state index in [1.165, 1.54) is 19.1 Å². The molecule has 1 heterocycles. The third kappa shape index (κ3) is 5.47. The molecule has 4 nitrogen and oxygen atoms in total. The highest BCUT2D eigenvalue weighted by atomic mass is 19.4. The normalized spacial score (nSPS) is 30.5. The molecule has 1 aliphatic heterocycles. The number of carbonyl (C=O) groups is 1. The number of benzene rings is 2. The lowest BCUT2D eigenvalue weighted by molar-refractivity contribution is -0.143. The molecule has 2 fully saturated rings. The van der Waals surface area contributed by atoms with Gasteiger partial charge in [-0.1, -0.05) is 19.1 Å². The number of rotatable bonds is 5. The van der Waals surface area contributed by atoms with E-state index in [9.17, 15) is 40.6 Å². The molecule has 37 heavy (non-hydrogen) atoms. The first kappa shape index (κ1) is 27.4. The van der Waals surface area contributed by atoms with E-state index in [1.807, 2.05) is 6.92 Å². The summed E-state index contributed by atoms with van der Waals surface area (Å²) in [5, 5.41) is 13.2. The van der Waals surface area contributed by atoms with E-state index < -0.39 is 70.9 Å². The van der Waals surface area contributed by atoms with Crippen molar-refractivity contribution in [3.05, 3.63) is 70.5 Å². The Morgan fingerprint density at radius 2 is 1.57 bits per heavy atom. The molecule has 11 heteroatoms. The highest BCUT2D eigenvalue weighted by molar-refractivity contribution is 5.87. The molecule has 2 aliphatic rings. The number of carbonyl (C=O) groups excluding carboxylic acids is 1. The van der Waals surface area contributed by atoms with E-state index in [4.69, 9.17) is 4.74 Å². The van der Waals surface area contributed by atoms with Crippen LogP contribution in [0.4, 0.5) is 30.7 Å². The van der Waals surface area contributed by atoms with Gasteiger partial charge in [0.2, 0.25) is 0 Å². The average molecular weight is 533 g/mol. The van der Waals surface area contributed by atoms with E-state index in [0.29, 0.717) is 30.5 Å². The van der Waals surface area contributed by atoms with Crippen LogP contribution in [0.15, 0.2) is 42.5 Å². The summed E-state index contributed by atoms with van der Waals surface area (Å²) in [6, 6.07) is 6.42. The summed E-state index contributed by atoms with van der Waals surface area (Å²) in [5.74, 6) is -1.51. The van der Waals surface area contributed by atoms with Gasteiger partial charge in [-0.15, -0.1) is 0 Å². The summed E-state index contributed by atoms with van der Waals surface area (Å²) < 4.78 is 99.2. The molecule has 1 saturated carbocycles. The molecule has 5 atom stereocenters. The Morgan fingerprint density at radius 3 is 2.05 bits per heavy atom. The predicted molar refractivity (Wildman–Crippen MR) is 119 cm³/mol. The topological polar surface area (TPSA) is 58.6 Å². The van der Waals surface area contributed by atoms with Gasteiger partial charge in [0.15, 0.2) is 0 Å². The molecule has 4 rings (SSSR count). The lowest BCUT2D eigenvalue weighted by Crippen LogP contribution is -2.44. The highest BCUT2D eigenvalue weighted by Crippen LogP contribution is 2.55. The number of nitrogens with one attached hydrogen (secondary N) is 1. The minimum Gasteiger partial charge on any atom is -0.380 e. The second-order valence-corrected chi connectivity index (χ2v) is 10.3. The molecule has 1 saturated heterocycles. The Morgan fingerprint density at radius 1 is 1.00 bits per heavy atom. The standard InChI is InChI=1S/C26H26F7NO3/c1-23(20-12-24(2,36)22(35)34-20)8-7-19(21(23)15-3-5-18(27)6-4-15)37-13-14-9-16(25(28,29)30)11-17(10-14)26(31,32)33/h3-6,9-11,19-21,36H,7-8,12-13H2,1-2H3,(H,34,35)/t19-,20?,21+,23-,24+/m0/s1.